The Morgan fingerprint density at radius 3 is 2.65 bits per heavy atom. The quantitative estimate of drug-likeness (QED) is 0.752. The lowest BCUT2D eigenvalue weighted by Gasteiger charge is -2.38. The number of furan rings is 1. The number of β-amino-alcohol motifs (C(OH)–C–C–N with tert-alkyl or cyclic N) is 1. The van der Waals surface area contributed by atoms with Crippen molar-refractivity contribution in [1.82, 2.24) is 19.7 Å². The Balaban J connectivity index is 1.42. The summed E-state index contributed by atoms with van der Waals surface area (Å²) in [6, 6.07) is 4.05. The molecule has 0 aliphatic carbocycles. The summed E-state index contributed by atoms with van der Waals surface area (Å²) in [6.45, 7) is 10.5. The van der Waals surface area contributed by atoms with Crippen LogP contribution in [-0.2, 0) is 4.79 Å². The van der Waals surface area contributed by atoms with Crippen molar-refractivity contribution >= 4 is 22.4 Å². The smallest absolute Gasteiger partial charge is 0.255 e. The summed E-state index contributed by atoms with van der Waals surface area (Å²) in [5.74, 6) is 0.812. The first-order valence-corrected chi connectivity index (χ1v) is 12.0. The number of aryl methyl sites for hydroxylation is 2. The minimum atomic E-state index is -0.0694. The molecule has 7 heteroatoms. The average molecular weight is 461 g/mol. The zero-order valence-electron chi connectivity index (χ0n) is 20.1. The van der Waals surface area contributed by atoms with Crippen LogP contribution in [0.4, 0.5) is 0 Å². The number of piperazine rings is 1. The molecule has 178 valence electrons. The number of hydrogen-bond donors (Lipinski definition) is 1. The van der Waals surface area contributed by atoms with Crippen molar-refractivity contribution in [3.05, 3.63) is 71.2 Å². The van der Waals surface area contributed by atoms with E-state index in [9.17, 15) is 9.90 Å². The fourth-order valence-electron chi connectivity index (χ4n) is 5.01. The molecular weight excluding hydrogens is 428 g/mol. The molecule has 7 nitrogen and oxygen atoms in total. The van der Waals surface area contributed by atoms with Crippen molar-refractivity contribution in [3.8, 4) is 0 Å². The monoisotopic (exact) mass is 460 g/mol. The molecule has 1 fully saturated rings. The van der Waals surface area contributed by atoms with E-state index in [0.29, 0.717) is 6.54 Å². The Morgan fingerprint density at radius 1 is 1.12 bits per heavy atom. The summed E-state index contributed by atoms with van der Waals surface area (Å²) in [6.07, 6.45) is 10.8. The van der Waals surface area contributed by atoms with Gasteiger partial charge in [0.1, 0.15) is 5.76 Å². The van der Waals surface area contributed by atoms with Crippen LogP contribution in [0, 0.1) is 19.8 Å². The van der Waals surface area contributed by atoms with E-state index in [1.165, 1.54) is 0 Å². The number of aromatic nitrogens is 1. The van der Waals surface area contributed by atoms with E-state index in [2.05, 4.69) is 33.9 Å². The van der Waals surface area contributed by atoms with Crippen LogP contribution >= 0.6 is 0 Å². The molecular formula is C27H32N4O3. The van der Waals surface area contributed by atoms with Crippen LogP contribution in [0.25, 0.3) is 16.5 Å². The van der Waals surface area contributed by atoms with Gasteiger partial charge in [-0.15, -0.1) is 0 Å². The summed E-state index contributed by atoms with van der Waals surface area (Å²) in [4.78, 5) is 24.3. The van der Waals surface area contributed by atoms with Gasteiger partial charge in [0.2, 0.25) is 0 Å². The molecule has 1 atom stereocenters. The number of carbonyl (C=O) groups is 1. The number of fused-ring (bicyclic) bond motifs is 2. The zero-order valence-corrected chi connectivity index (χ0v) is 20.1. The average Bonchev–Trinajstić information content (AvgIpc) is 3.25. The maximum Gasteiger partial charge on any atom is 0.255 e. The lowest BCUT2D eigenvalue weighted by Crippen LogP contribution is -2.47. The van der Waals surface area contributed by atoms with Crippen LogP contribution in [0.5, 0.6) is 0 Å². The fraction of sp³-hybridized carbons (Fsp3) is 0.407. The zero-order chi connectivity index (χ0) is 23.8. The number of aliphatic hydroxyl groups is 1. The Kier molecular flexibility index (Phi) is 6.15. The second kappa shape index (κ2) is 9.24. The Bertz CT molecular complexity index is 1230. The standard InChI is InChI=1S/C27H32N4O3/c1-18-4-5-22-6-7-23(30-10-8-29(9-11-30)12-13-32)17-31(22)26(33)16-24(18)25-15-21-14-19(2)28-20(3)27(21)34-25/h5-7,14-18,32H,4,8-13H2,1-3H3. The van der Waals surface area contributed by atoms with Crippen LogP contribution in [-0.4, -0.2) is 70.0 Å². The highest BCUT2D eigenvalue weighted by Gasteiger charge is 2.26. The summed E-state index contributed by atoms with van der Waals surface area (Å²) in [5, 5.41) is 10.2. The molecule has 5 heterocycles. The lowest BCUT2D eigenvalue weighted by atomic mass is 9.92. The molecule has 1 amide bonds. The molecule has 1 N–H and O–H groups in total. The van der Waals surface area contributed by atoms with Crippen molar-refractivity contribution in [3.63, 3.8) is 0 Å². The maximum atomic E-state index is 13.5. The molecule has 0 radical (unpaired) electrons. The first kappa shape index (κ1) is 22.6. The van der Waals surface area contributed by atoms with Crippen LogP contribution in [0.1, 0.15) is 30.5 Å². The maximum absolute atomic E-state index is 13.5. The van der Waals surface area contributed by atoms with Crippen LogP contribution in [0.3, 0.4) is 0 Å². The minimum Gasteiger partial charge on any atom is -0.455 e. The van der Waals surface area contributed by atoms with Gasteiger partial charge < -0.3 is 14.4 Å². The van der Waals surface area contributed by atoms with E-state index in [4.69, 9.17) is 4.42 Å². The second-order valence-electron chi connectivity index (χ2n) is 9.39. The van der Waals surface area contributed by atoms with Crippen LogP contribution < -0.4 is 0 Å². The van der Waals surface area contributed by atoms with Crippen LogP contribution in [0.15, 0.2) is 58.4 Å². The molecule has 2 aromatic rings. The summed E-state index contributed by atoms with van der Waals surface area (Å²) >= 11 is 0. The van der Waals surface area contributed by atoms with Gasteiger partial charge in [-0.05, 0) is 50.5 Å². The third-order valence-corrected chi connectivity index (χ3v) is 6.93. The molecule has 1 saturated heterocycles. The van der Waals surface area contributed by atoms with E-state index >= 15 is 0 Å². The number of nitrogens with zero attached hydrogens (tertiary/aromatic N) is 4. The molecule has 0 spiro atoms. The molecule has 0 bridgehead atoms. The van der Waals surface area contributed by atoms with Gasteiger partial charge in [0.15, 0.2) is 5.58 Å². The Morgan fingerprint density at radius 2 is 1.88 bits per heavy atom. The highest BCUT2D eigenvalue weighted by Crippen LogP contribution is 2.35. The van der Waals surface area contributed by atoms with E-state index < -0.39 is 0 Å². The number of rotatable bonds is 4. The van der Waals surface area contributed by atoms with Gasteiger partial charge in [-0.3, -0.25) is 19.6 Å². The number of pyridine rings is 1. The van der Waals surface area contributed by atoms with Gasteiger partial charge in [0, 0.05) is 67.4 Å². The number of hydrogen-bond acceptors (Lipinski definition) is 6. The van der Waals surface area contributed by atoms with Gasteiger partial charge in [-0.2, -0.15) is 0 Å². The molecule has 0 saturated carbocycles. The summed E-state index contributed by atoms with van der Waals surface area (Å²) in [7, 11) is 0. The van der Waals surface area contributed by atoms with Gasteiger partial charge in [-0.1, -0.05) is 13.0 Å². The van der Waals surface area contributed by atoms with Gasteiger partial charge in [0.25, 0.3) is 5.91 Å². The third-order valence-electron chi connectivity index (χ3n) is 6.93. The molecule has 2 aromatic heterocycles. The highest BCUT2D eigenvalue weighted by molar-refractivity contribution is 5.98. The Labute approximate surface area is 200 Å². The van der Waals surface area contributed by atoms with Gasteiger partial charge >= 0.3 is 0 Å². The molecule has 0 aromatic carbocycles. The third kappa shape index (κ3) is 4.33. The first-order chi connectivity index (χ1) is 16.4. The first-order valence-electron chi connectivity index (χ1n) is 12.0. The van der Waals surface area contributed by atoms with E-state index in [-0.39, 0.29) is 18.4 Å². The van der Waals surface area contributed by atoms with Gasteiger partial charge in [0.05, 0.1) is 18.0 Å². The molecule has 3 aliphatic heterocycles. The van der Waals surface area contributed by atoms with Crippen LogP contribution in [0.2, 0.25) is 0 Å². The van der Waals surface area contributed by atoms with Crippen molar-refractivity contribution in [2.75, 3.05) is 39.3 Å². The largest absolute Gasteiger partial charge is 0.455 e. The van der Waals surface area contributed by atoms with E-state index in [1.807, 2.05) is 38.3 Å². The topological polar surface area (TPSA) is 73.1 Å². The lowest BCUT2D eigenvalue weighted by molar-refractivity contribution is -0.122. The van der Waals surface area contributed by atoms with Crippen molar-refractivity contribution < 1.29 is 14.3 Å². The number of aliphatic hydroxyl groups excluding tert-OH is 1. The van der Waals surface area contributed by atoms with Crippen molar-refractivity contribution in [2.24, 2.45) is 5.92 Å². The fourth-order valence-corrected chi connectivity index (χ4v) is 5.01. The predicted octanol–water partition coefficient (Wildman–Crippen LogP) is 3.60. The molecule has 3 aliphatic rings. The van der Waals surface area contributed by atoms with Gasteiger partial charge in [-0.25, -0.2) is 0 Å². The highest BCUT2D eigenvalue weighted by atomic mass is 16.3. The molecule has 34 heavy (non-hydrogen) atoms. The van der Waals surface area contributed by atoms with Crippen molar-refractivity contribution in [2.45, 2.75) is 27.2 Å². The van der Waals surface area contributed by atoms with E-state index in [0.717, 1.165) is 77.7 Å². The SMILES string of the molecule is Cc1cc2cc(C3=CC(=O)N4C=C(N5CCN(CCO)CC5)C=CC4=CCC3C)oc2c(C)n1. The van der Waals surface area contributed by atoms with E-state index in [1.54, 1.807) is 11.0 Å². The second-order valence-corrected chi connectivity index (χ2v) is 9.39. The normalized spacial score (nSPS) is 21.7. The minimum absolute atomic E-state index is 0.0694. The number of allylic oxidation sites excluding steroid dienone is 4. The predicted molar refractivity (Wildman–Crippen MR) is 132 cm³/mol. The molecule has 5 rings (SSSR count). The molecule has 1 unspecified atom stereocenters. The van der Waals surface area contributed by atoms with Crippen molar-refractivity contribution in [1.29, 1.82) is 0 Å². The summed E-state index contributed by atoms with van der Waals surface area (Å²) < 4.78 is 6.21. The number of amides is 1. The summed E-state index contributed by atoms with van der Waals surface area (Å²) in [5.41, 5.74) is 5.46. The number of carbonyl (C=O) groups excluding carboxylic acids is 1. The Hall–Kier alpha value is -3.16.